The van der Waals surface area contributed by atoms with Crippen molar-refractivity contribution in [2.45, 2.75) is 25.7 Å². The van der Waals surface area contributed by atoms with Crippen molar-refractivity contribution in [1.82, 2.24) is 15.8 Å². The SMILES string of the molecule is O=C(CCCCCN1C(=O)C(=Cc2cccs2)SC1=S)NNC(=O)c1ccccc1Cl. The Hall–Kier alpha value is -2.20. The van der Waals surface area contributed by atoms with Gasteiger partial charge in [0, 0.05) is 17.8 Å². The van der Waals surface area contributed by atoms with Crippen LogP contribution in [0, 0.1) is 0 Å². The predicted octanol–water partition coefficient (Wildman–Crippen LogP) is 4.62. The van der Waals surface area contributed by atoms with Crippen molar-refractivity contribution in [2.24, 2.45) is 0 Å². The summed E-state index contributed by atoms with van der Waals surface area (Å²) >= 11 is 14.2. The summed E-state index contributed by atoms with van der Waals surface area (Å²) in [7, 11) is 0. The van der Waals surface area contributed by atoms with Crippen LogP contribution in [0.25, 0.3) is 6.08 Å². The number of benzene rings is 1. The Labute approximate surface area is 199 Å². The predicted molar refractivity (Wildman–Crippen MR) is 130 cm³/mol. The second-order valence-corrected chi connectivity index (χ2v) is 9.70. The molecule has 1 aliphatic heterocycles. The Morgan fingerprint density at radius 2 is 1.90 bits per heavy atom. The van der Waals surface area contributed by atoms with E-state index in [0.29, 0.717) is 32.8 Å². The zero-order valence-corrected chi connectivity index (χ0v) is 19.6. The maximum absolute atomic E-state index is 12.5. The molecule has 2 aromatic rings. The number of hydrazine groups is 1. The second kappa shape index (κ2) is 11.4. The minimum absolute atomic E-state index is 0.0663. The third kappa shape index (κ3) is 6.64. The lowest BCUT2D eigenvalue weighted by Gasteiger charge is -2.14. The van der Waals surface area contributed by atoms with Gasteiger partial charge >= 0.3 is 0 Å². The van der Waals surface area contributed by atoms with Gasteiger partial charge in [-0.05, 0) is 42.5 Å². The van der Waals surface area contributed by atoms with Gasteiger partial charge < -0.3 is 0 Å². The molecule has 1 aromatic carbocycles. The Bertz CT molecular complexity index is 1010. The van der Waals surface area contributed by atoms with Crippen molar-refractivity contribution in [3.8, 4) is 0 Å². The van der Waals surface area contributed by atoms with E-state index in [1.807, 2.05) is 23.6 Å². The van der Waals surface area contributed by atoms with Crippen molar-refractivity contribution in [3.63, 3.8) is 0 Å². The van der Waals surface area contributed by atoms with Gasteiger partial charge in [0.05, 0.1) is 15.5 Å². The fourth-order valence-corrected chi connectivity index (χ4v) is 5.08. The highest BCUT2D eigenvalue weighted by Crippen LogP contribution is 2.33. The van der Waals surface area contributed by atoms with Gasteiger partial charge in [0.25, 0.3) is 11.8 Å². The van der Waals surface area contributed by atoms with Crippen molar-refractivity contribution in [3.05, 3.63) is 62.1 Å². The Morgan fingerprint density at radius 3 is 2.65 bits per heavy atom. The van der Waals surface area contributed by atoms with Crippen LogP contribution >= 0.6 is 46.9 Å². The number of carbonyl (C=O) groups is 3. The lowest BCUT2D eigenvalue weighted by molar-refractivity contribution is -0.123. The Morgan fingerprint density at radius 1 is 1.10 bits per heavy atom. The molecule has 1 saturated heterocycles. The maximum Gasteiger partial charge on any atom is 0.271 e. The van der Waals surface area contributed by atoms with Crippen LogP contribution in [0.3, 0.4) is 0 Å². The molecule has 2 heterocycles. The van der Waals surface area contributed by atoms with Crippen LogP contribution in [0.1, 0.15) is 40.9 Å². The third-order valence-electron chi connectivity index (χ3n) is 4.41. The highest BCUT2D eigenvalue weighted by molar-refractivity contribution is 8.26. The molecule has 6 nitrogen and oxygen atoms in total. The van der Waals surface area contributed by atoms with Gasteiger partial charge in [-0.1, -0.05) is 60.2 Å². The average molecular weight is 494 g/mol. The highest BCUT2D eigenvalue weighted by Gasteiger charge is 2.31. The topological polar surface area (TPSA) is 78.5 Å². The van der Waals surface area contributed by atoms with Gasteiger partial charge in [0.15, 0.2) is 0 Å². The van der Waals surface area contributed by atoms with E-state index in [4.69, 9.17) is 23.8 Å². The lowest BCUT2D eigenvalue weighted by atomic mass is 10.2. The molecular formula is C21H20ClN3O3S3. The zero-order valence-electron chi connectivity index (χ0n) is 16.4. The highest BCUT2D eigenvalue weighted by atomic mass is 35.5. The minimum atomic E-state index is -0.469. The number of halogens is 1. The quantitative estimate of drug-likeness (QED) is 0.243. The van der Waals surface area contributed by atoms with Gasteiger partial charge in [-0.25, -0.2) is 0 Å². The van der Waals surface area contributed by atoms with Crippen LogP contribution in [-0.2, 0) is 9.59 Å². The lowest BCUT2D eigenvalue weighted by Crippen LogP contribution is -2.41. The molecule has 162 valence electrons. The fraction of sp³-hybridized carbons (Fsp3) is 0.238. The summed E-state index contributed by atoms with van der Waals surface area (Å²) in [6.07, 6.45) is 4.25. The van der Waals surface area contributed by atoms with Gasteiger partial charge in [0.1, 0.15) is 4.32 Å². The number of nitrogens with one attached hydrogen (secondary N) is 2. The van der Waals surface area contributed by atoms with E-state index in [-0.39, 0.29) is 18.2 Å². The van der Waals surface area contributed by atoms with Crippen LogP contribution in [0.15, 0.2) is 46.7 Å². The zero-order chi connectivity index (χ0) is 22.2. The molecule has 1 aliphatic rings. The molecule has 0 aliphatic carbocycles. The molecule has 3 rings (SSSR count). The molecule has 0 unspecified atom stereocenters. The average Bonchev–Trinajstić information content (AvgIpc) is 3.35. The summed E-state index contributed by atoms with van der Waals surface area (Å²) in [6, 6.07) is 10.5. The maximum atomic E-state index is 12.5. The number of unbranched alkanes of at least 4 members (excludes halogenated alkanes) is 2. The summed E-state index contributed by atoms with van der Waals surface area (Å²) < 4.78 is 0.563. The summed E-state index contributed by atoms with van der Waals surface area (Å²) in [5.74, 6) is -0.822. The van der Waals surface area contributed by atoms with E-state index < -0.39 is 5.91 Å². The van der Waals surface area contributed by atoms with Crippen molar-refractivity contribution in [2.75, 3.05) is 6.54 Å². The van der Waals surface area contributed by atoms with E-state index in [1.165, 1.54) is 11.8 Å². The largest absolute Gasteiger partial charge is 0.293 e. The second-order valence-electron chi connectivity index (χ2n) is 6.64. The van der Waals surface area contributed by atoms with Crippen molar-refractivity contribution >= 4 is 75.0 Å². The molecule has 0 atom stereocenters. The molecule has 0 radical (unpaired) electrons. The molecule has 2 N–H and O–H groups in total. The van der Waals surface area contributed by atoms with Gasteiger partial charge in [-0.2, -0.15) is 0 Å². The fourth-order valence-electron chi connectivity index (χ4n) is 2.83. The standard InChI is InChI=1S/C21H20ClN3O3S3/c22-16-9-4-3-8-15(16)19(27)24-23-18(26)10-2-1-5-11-25-20(28)17(31-21(25)29)13-14-7-6-12-30-14/h3-4,6-9,12-13H,1-2,5,10-11H2,(H,23,26)(H,24,27). The van der Waals surface area contributed by atoms with E-state index in [0.717, 1.165) is 17.7 Å². The molecule has 10 heteroatoms. The number of nitrogens with zero attached hydrogens (tertiary/aromatic N) is 1. The first-order chi connectivity index (χ1) is 15.0. The van der Waals surface area contributed by atoms with Crippen LogP contribution in [0.5, 0.6) is 0 Å². The molecule has 3 amide bonds. The Kier molecular flexibility index (Phi) is 8.65. The van der Waals surface area contributed by atoms with Crippen molar-refractivity contribution in [1.29, 1.82) is 0 Å². The van der Waals surface area contributed by atoms with Gasteiger partial charge in [0.2, 0.25) is 5.91 Å². The van der Waals surface area contributed by atoms with Gasteiger partial charge in [-0.15, -0.1) is 11.3 Å². The van der Waals surface area contributed by atoms with E-state index in [2.05, 4.69) is 10.9 Å². The van der Waals surface area contributed by atoms with E-state index >= 15 is 0 Å². The summed E-state index contributed by atoms with van der Waals surface area (Å²) in [4.78, 5) is 39.8. The summed E-state index contributed by atoms with van der Waals surface area (Å²) in [5.41, 5.74) is 5.04. The molecule has 0 saturated carbocycles. The van der Waals surface area contributed by atoms with E-state index in [1.54, 1.807) is 40.5 Å². The number of thioether (sulfide) groups is 1. The van der Waals surface area contributed by atoms with Gasteiger partial charge in [-0.3, -0.25) is 30.1 Å². The number of rotatable bonds is 8. The number of thiophene rings is 1. The van der Waals surface area contributed by atoms with Crippen molar-refractivity contribution < 1.29 is 14.4 Å². The number of hydrogen-bond donors (Lipinski definition) is 2. The summed E-state index contributed by atoms with van der Waals surface area (Å²) in [6.45, 7) is 0.525. The monoisotopic (exact) mass is 493 g/mol. The number of hydrogen-bond acceptors (Lipinski definition) is 6. The van der Waals surface area contributed by atoms with Crippen LogP contribution < -0.4 is 10.9 Å². The normalized spacial score (nSPS) is 14.9. The Balaban J connectivity index is 1.34. The van der Waals surface area contributed by atoms with Crippen LogP contribution in [-0.4, -0.2) is 33.5 Å². The third-order valence-corrected chi connectivity index (χ3v) is 6.94. The number of thiocarbonyl (C=S) groups is 1. The summed E-state index contributed by atoms with van der Waals surface area (Å²) in [5, 5.41) is 2.28. The molecule has 1 fully saturated rings. The first-order valence-electron chi connectivity index (χ1n) is 9.58. The molecule has 31 heavy (non-hydrogen) atoms. The van der Waals surface area contributed by atoms with Crippen LogP contribution in [0.4, 0.5) is 0 Å². The molecule has 1 aromatic heterocycles. The molecular weight excluding hydrogens is 474 g/mol. The minimum Gasteiger partial charge on any atom is -0.293 e. The molecule has 0 bridgehead atoms. The van der Waals surface area contributed by atoms with Crippen LogP contribution in [0.2, 0.25) is 5.02 Å². The first kappa shape index (κ1) is 23.5. The smallest absolute Gasteiger partial charge is 0.271 e. The first-order valence-corrected chi connectivity index (χ1v) is 12.1. The number of amides is 3. The number of carbonyl (C=O) groups excluding carboxylic acids is 3. The molecule has 0 spiro atoms. The van der Waals surface area contributed by atoms with E-state index in [9.17, 15) is 14.4 Å².